The third kappa shape index (κ3) is 6.34. The topological polar surface area (TPSA) is 67.8 Å². The van der Waals surface area contributed by atoms with Crippen LogP contribution in [-0.4, -0.2) is 61.7 Å². The minimum Gasteiger partial charge on any atom is -0.395 e. The second kappa shape index (κ2) is 11.5. The number of carbonyl (C=O) groups excluding carboxylic acids is 1. The summed E-state index contributed by atoms with van der Waals surface area (Å²) in [6, 6.07) is 11.5. The molecule has 2 aliphatic heterocycles. The Labute approximate surface area is 232 Å². The van der Waals surface area contributed by atoms with Crippen LogP contribution in [0.3, 0.4) is 0 Å². The van der Waals surface area contributed by atoms with Crippen LogP contribution in [0.2, 0.25) is 0 Å². The Morgan fingerprint density at radius 2 is 1.55 bits per heavy atom. The number of nitrogens with zero attached hydrogens (tertiary/aromatic N) is 2. The van der Waals surface area contributed by atoms with Crippen molar-refractivity contribution in [3.63, 3.8) is 0 Å². The number of benzene rings is 2. The molecule has 10 heteroatoms. The lowest BCUT2D eigenvalue weighted by Gasteiger charge is -2.35. The van der Waals surface area contributed by atoms with Gasteiger partial charge in [0.1, 0.15) is 0 Å². The average Bonchev–Trinajstić information content (AvgIpc) is 3.67. The van der Waals surface area contributed by atoms with Crippen molar-refractivity contribution in [2.45, 2.75) is 49.3 Å². The first-order valence-electron chi connectivity index (χ1n) is 13.3. The van der Waals surface area contributed by atoms with Gasteiger partial charge in [0.05, 0.1) is 23.5 Å². The lowest BCUT2D eigenvalue weighted by Crippen LogP contribution is -2.39. The highest BCUT2D eigenvalue weighted by Crippen LogP contribution is 2.54. The van der Waals surface area contributed by atoms with Crippen molar-refractivity contribution in [1.29, 1.82) is 0 Å². The highest BCUT2D eigenvalue weighted by Gasteiger charge is 2.44. The molecule has 2 aromatic rings. The second-order valence-electron chi connectivity index (χ2n) is 10.6. The number of aliphatic hydroxyl groups is 1. The van der Waals surface area contributed by atoms with Gasteiger partial charge in [0.2, 0.25) is 0 Å². The molecule has 2 saturated heterocycles. The minimum atomic E-state index is -2.61. The highest BCUT2D eigenvalue weighted by atomic mass is 32.2. The van der Waals surface area contributed by atoms with Crippen LogP contribution in [0.25, 0.3) is 0 Å². The van der Waals surface area contributed by atoms with Crippen molar-refractivity contribution >= 4 is 52.4 Å². The quantitative estimate of drug-likeness (QED) is 0.188. The molecule has 38 heavy (non-hydrogen) atoms. The van der Waals surface area contributed by atoms with Gasteiger partial charge in [-0.1, -0.05) is 11.9 Å². The first-order chi connectivity index (χ1) is 18.3. The summed E-state index contributed by atoms with van der Waals surface area (Å²) < 4.78 is 30.8. The van der Waals surface area contributed by atoms with E-state index in [0.717, 1.165) is 47.9 Å². The summed E-state index contributed by atoms with van der Waals surface area (Å²) in [5, 5.41) is 12.2. The zero-order valence-electron chi connectivity index (χ0n) is 21.8. The number of amides is 1. The Morgan fingerprint density at radius 1 is 0.921 bits per heavy atom. The van der Waals surface area contributed by atoms with Crippen molar-refractivity contribution < 1.29 is 18.7 Å². The Hall–Kier alpha value is -2.17. The number of rotatable bonds is 9. The monoisotopic (exact) mass is 562 g/mol. The SMILES string of the molecule is CSc1ccc(NC(=O)c2ccc(NSCCO)cc2N2CCC3(CC2)CC3)cc1N1CCC(F)(F)CC1. The van der Waals surface area contributed by atoms with Gasteiger partial charge in [0.25, 0.3) is 11.8 Å². The van der Waals surface area contributed by atoms with Crippen LogP contribution in [-0.2, 0) is 0 Å². The van der Waals surface area contributed by atoms with E-state index in [9.17, 15) is 13.6 Å². The summed E-state index contributed by atoms with van der Waals surface area (Å²) in [5.41, 5.74) is 4.49. The van der Waals surface area contributed by atoms with E-state index in [0.29, 0.717) is 35.5 Å². The van der Waals surface area contributed by atoms with Gasteiger partial charge < -0.3 is 24.9 Å². The number of thioether (sulfide) groups is 1. The number of carbonyl (C=O) groups is 1. The molecule has 3 aliphatic rings. The molecule has 3 N–H and O–H groups in total. The van der Waals surface area contributed by atoms with Crippen LogP contribution in [0.4, 0.5) is 31.5 Å². The lowest BCUT2D eigenvalue weighted by atomic mass is 9.93. The summed E-state index contributed by atoms with van der Waals surface area (Å²) in [6.45, 7) is 2.54. The van der Waals surface area contributed by atoms with E-state index in [1.165, 1.54) is 24.8 Å². The number of aliphatic hydroxyl groups excluding tert-OH is 1. The second-order valence-corrected chi connectivity index (χ2v) is 12.3. The Morgan fingerprint density at radius 3 is 2.21 bits per heavy atom. The third-order valence-electron chi connectivity index (χ3n) is 8.02. The summed E-state index contributed by atoms with van der Waals surface area (Å²) in [7, 11) is 0. The van der Waals surface area contributed by atoms with Crippen LogP contribution in [0.5, 0.6) is 0 Å². The Balaban J connectivity index is 1.36. The summed E-state index contributed by atoms with van der Waals surface area (Å²) in [6.07, 6.45) is 6.59. The molecule has 0 bridgehead atoms. The first kappa shape index (κ1) is 27.4. The maximum absolute atomic E-state index is 13.8. The fraction of sp³-hybridized carbons (Fsp3) is 0.536. The van der Waals surface area contributed by atoms with E-state index in [1.807, 2.05) is 47.6 Å². The summed E-state index contributed by atoms with van der Waals surface area (Å²) >= 11 is 3.01. The molecule has 1 amide bonds. The van der Waals surface area contributed by atoms with E-state index in [-0.39, 0.29) is 25.4 Å². The average molecular weight is 563 g/mol. The predicted octanol–water partition coefficient (Wildman–Crippen LogP) is 6.33. The number of anilines is 4. The maximum atomic E-state index is 13.8. The van der Waals surface area contributed by atoms with Gasteiger partial charge >= 0.3 is 0 Å². The molecule has 2 aromatic carbocycles. The molecule has 1 spiro atoms. The standard InChI is InChI=1S/C28H36F2N4O2S2/c1-37-25-5-3-20(18-24(25)34-14-10-28(29,30)11-15-34)31-26(36)22-4-2-21(32-38-17-16-35)19-23(22)33-12-8-27(6-7-27)9-13-33/h2-5,18-19,32,35H,6-17H2,1H3,(H,31,36). The highest BCUT2D eigenvalue weighted by molar-refractivity contribution is 8.00. The van der Waals surface area contributed by atoms with Crippen molar-refractivity contribution in [2.75, 3.05) is 64.6 Å². The molecule has 0 radical (unpaired) electrons. The van der Waals surface area contributed by atoms with Gasteiger partial charge in [0, 0.05) is 61.0 Å². The smallest absolute Gasteiger partial charge is 0.257 e. The third-order valence-corrected chi connectivity index (χ3v) is 9.57. The number of halogens is 2. The zero-order chi connectivity index (χ0) is 26.8. The molecule has 1 aliphatic carbocycles. The number of hydrogen-bond acceptors (Lipinski definition) is 7. The van der Waals surface area contributed by atoms with Crippen molar-refractivity contribution in [3.05, 3.63) is 42.0 Å². The molecule has 0 atom stereocenters. The predicted molar refractivity (Wildman–Crippen MR) is 155 cm³/mol. The van der Waals surface area contributed by atoms with Gasteiger partial charge in [-0.3, -0.25) is 4.79 Å². The molecule has 0 unspecified atom stereocenters. The number of nitrogens with one attached hydrogen (secondary N) is 2. The lowest BCUT2D eigenvalue weighted by molar-refractivity contribution is -0.0221. The Kier molecular flexibility index (Phi) is 8.30. The van der Waals surface area contributed by atoms with Gasteiger partial charge in [-0.15, -0.1) is 11.8 Å². The van der Waals surface area contributed by atoms with E-state index in [4.69, 9.17) is 5.11 Å². The maximum Gasteiger partial charge on any atom is 0.257 e. The van der Waals surface area contributed by atoms with E-state index >= 15 is 0 Å². The van der Waals surface area contributed by atoms with E-state index in [2.05, 4.69) is 14.9 Å². The van der Waals surface area contributed by atoms with Crippen molar-refractivity contribution in [1.82, 2.24) is 0 Å². The molecule has 6 nitrogen and oxygen atoms in total. The van der Waals surface area contributed by atoms with Crippen LogP contribution in [0.15, 0.2) is 41.3 Å². The number of alkyl halides is 2. The summed E-state index contributed by atoms with van der Waals surface area (Å²) in [5.74, 6) is -2.22. The zero-order valence-corrected chi connectivity index (χ0v) is 23.4. The molecule has 3 fully saturated rings. The molecule has 1 saturated carbocycles. The molecule has 5 rings (SSSR count). The van der Waals surface area contributed by atoms with Crippen molar-refractivity contribution in [3.8, 4) is 0 Å². The van der Waals surface area contributed by atoms with Crippen LogP contribution in [0, 0.1) is 5.41 Å². The summed E-state index contributed by atoms with van der Waals surface area (Å²) in [4.78, 5) is 18.9. The molecule has 0 aromatic heterocycles. The van der Waals surface area contributed by atoms with E-state index < -0.39 is 5.92 Å². The van der Waals surface area contributed by atoms with Crippen LogP contribution >= 0.6 is 23.7 Å². The van der Waals surface area contributed by atoms with Gasteiger partial charge in [0.15, 0.2) is 0 Å². The number of hydrogen-bond donors (Lipinski definition) is 3. The number of piperidine rings is 2. The van der Waals surface area contributed by atoms with Crippen LogP contribution < -0.4 is 19.8 Å². The molecular formula is C28H36F2N4O2S2. The molecule has 2 heterocycles. The fourth-order valence-electron chi connectivity index (χ4n) is 5.42. The van der Waals surface area contributed by atoms with Crippen molar-refractivity contribution in [2.24, 2.45) is 5.41 Å². The Bertz CT molecular complexity index is 1140. The minimum absolute atomic E-state index is 0.0936. The van der Waals surface area contributed by atoms with Gasteiger partial charge in [-0.2, -0.15) is 0 Å². The van der Waals surface area contributed by atoms with Gasteiger partial charge in [-0.25, -0.2) is 8.78 Å². The van der Waals surface area contributed by atoms with Crippen LogP contribution in [0.1, 0.15) is 48.9 Å². The molecule has 206 valence electrons. The first-order valence-corrected chi connectivity index (χ1v) is 15.5. The fourth-order valence-corrected chi connectivity index (χ4v) is 6.50. The normalized spacial score (nSPS) is 19.9. The largest absolute Gasteiger partial charge is 0.395 e. The van der Waals surface area contributed by atoms with Gasteiger partial charge in [-0.05, 0) is 73.8 Å². The van der Waals surface area contributed by atoms with E-state index in [1.54, 1.807) is 11.8 Å². The molecular weight excluding hydrogens is 526 g/mol.